The van der Waals surface area contributed by atoms with Crippen LogP contribution in [0.3, 0.4) is 0 Å². The number of nitrogens with zero attached hydrogens (tertiary/aromatic N) is 1. The fraction of sp³-hybridized carbons (Fsp3) is 0.250. The molecule has 1 heterocycles. The second-order valence-corrected chi connectivity index (χ2v) is 5.32. The molecule has 0 fully saturated rings. The first-order valence-electron chi connectivity index (χ1n) is 6.64. The molecule has 5 nitrogen and oxygen atoms in total. The van der Waals surface area contributed by atoms with Gasteiger partial charge in [-0.2, -0.15) is 0 Å². The van der Waals surface area contributed by atoms with Crippen LogP contribution >= 0.6 is 11.6 Å². The topological polar surface area (TPSA) is 68.5 Å². The molecular weight excluding hydrogens is 306 g/mol. The van der Waals surface area contributed by atoms with E-state index >= 15 is 0 Å². The van der Waals surface area contributed by atoms with E-state index in [4.69, 9.17) is 21.4 Å². The number of methoxy groups -OCH3 is 1. The van der Waals surface area contributed by atoms with Crippen molar-refractivity contribution in [1.29, 1.82) is 0 Å². The lowest BCUT2D eigenvalue weighted by Gasteiger charge is -2.11. The van der Waals surface area contributed by atoms with E-state index in [-0.39, 0.29) is 16.5 Å². The van der Waals surface area contributed by atoms with Crippen LogP contribution < -0.4 is 4.74 Å². The Balaban J connectivity index is 2.54. The van der Waals surface area contributed by atoms with Crippen molar-refractivity contribution in [2.45, 2.75) is 12.8 Å². The molecule has 0 spiro atoms. The second kappa shape index (κ2) is 6.23. The van der Waals surface area contributed by atoms with Crippen molar-refractivity contribution in [2.24, 2.45) is 7.05 Å². The number of aliphatic carboxylic acids is 1. The molecule has 1 aromatic carbocycles. The Kier molecular flexibility index (Phi) is 4.56. The molecule has 0 aliphatic carbocycles. The Morgan fingerprint density at radius 3 is 2.55 bits per heavy atom. The van der Waals surface area contributed by atoms with Gasteiger partial charge >= 0.3 is 5.97 Å². The van der Waals surface area contributed by atoms with Gasteiger partial charge in [0, 0.05) is 12.7 Å². The molecule has 0 bridgehead atoms. The third-order valence-corrected chi connectivity index (χ3v) is 3.89. The molecule has 2 aromatic rings. The van der Waals surface area contributed by atoms with E-state index in [1.807, 2.05) is 0 Å². The van der Waals surface area contributed by atoms with Crippen LogP contribution in [0.2, 0.25) is 5.02 Å². The summed E-state index contributed by atoms with van der Waals surface area (Å²) in [6.45, 7) is 1.55. The van der Waals surface area contributed by atoms with Gasteiger partial charge in [0.1, 0.15) is 11.4 Å². The number of para-hydroxylation sites is 1. The summed E-state index contributed by atoms with van der Waals surface area (Å²) in [5.74, 6) is -1.61. The Bertz CT molecular complexity index is 736. The summed E-state index contributed by atoms with van der Waals surface area (Å²) >= 11 is 6.16. The normalized spacial score (nSPS) is 12.0. The van der Waals surface area contributed by atoms with Gasteiger partial charge in [0.25, 0.3) is 0 Å². The summed E-state index contributed by atoms with van der Waals surface area (Å²) in [6.07, 6.45) is 0. The first kappa shape index (κ1) is 16.1. The zero-order valence-electron chi connectivity index (χ0n) is 12.5. The third-order valence-electron chi connectivity index (χ3n) is 3.60. The maximum Gasteiger partial charge on any atom is 0.312 e. The number of ether oxygens (including phenoxy) is 1. The molecule has 1 unspecified atom stereocenters. The number of rotatable bonds is 5. The molecule has 22 heavy (non-hydrogen) atoms. The van der Waals surface area contributed by atoms with Gasteiger partial charge in [0.05, 0.1) is 23.6 Å². The molecule has 0 saturated heterocycles. The van der Waals surface area contributed by atoms with Gasteiger partial charge in [-0.05, 0) is 25.1 Å². The van der Waals surface area contributed by atoms with Gasteiger partial charge in [0.15, 0.2) is 0 Å². The summed E-state index contributed by atoms with van der Waals surface area (Å²) in [5, 5.41) is 9.36. The van der Waals surface area contributed by atoms with Gasteiger partial charge in [-0.25, -0.2) is 0 Å². The minimum atomic E-state index is -0.978. The van der Waals surface area contributed by atoms with E-state index < -0.39 is 11.9 Å². The highest BCUT2D eigenvalue weighted by Crippen LogP contribution is 2.30. The minimum Gasteiger partial charge on any atom is -0.496 e. The number of benzene rings is 1. The average molecular weight is 322 g/mol. The number of hydrogen-bond acceptors (Lipinski definition) is 3. The summed E-state index contributed by atoms with van der Waals surface area (Å²) in [4.78, 5) is 23.9. The molecule has 6 heteroatoms. The van der Waals surface area contributed by atoms with E-state index in [0.717, 1.165) is 0 Å². The molecule has 2 rings (SSSR count). The van der Waals surface area contributed by atoms with Crippen molar-refractivity contribution in [3.05, 3.63) is 52.3 Å². The Hall–Kier alpha value is -2.27. The van der Waals surface area contributed by atoms with E-state index in [0.29, 0.717) is 17.0 Å². The van der Waals surface area contributed by atoms with Crippen molar-refractivity contribution in [3.8, 4) is 5.75 Å². The molecule has 0 aliphatic heterocycles. The maximum atomic E-state index is 12.7. The van der Waals surface area contributed by atoms with Gasteiger partial charge in [-0.15, -0.1) is 0 Å². The van der Waals surface area contributed by atoms with Gasteiger partial charge in [-0.1, -0.05) is 23.7 Å². The van der Waals surface area contributed by atoms with Crippen LogP contribution in [-0.2, 0) is 11.8 Å². The smallest absolute Gasteiger partial charge is 0.312 e. The SMILES string of the molecule is COc1ccccc1C(=O)c1c(Cl)cc(C(C)C(=O)O)n1C. The van der Waals surface area contributed by atoms with Crippen LogP contribution in [0.4, 0.5) is 0 Å². The fourth-order valence-corrected chi connectivity index (χ4v) is 2.67. The van der Waals surface area contributed by atoms with Crippen molar-refractivity contribution in [3.63, 3.8) is 0 Å². The fourth-order valence-electron chi connectivity index (χ4n) is 2.35. The predicted octanol–water partition coefficient (Wildman–Crippen LogP) is 3.11. The van der Waals surface area contributed by atoms with Crippen LogP contribution in [0.1, 0.15) is 34.6 Å². The van der Waals surface area contributed by atoms with Crippen LogP contribution in [0.15, 0.2) is 30.3 Å². The third kappa shape index (κ3) is 2.72. The zero-order chi connectivity index (χ0) is 16.4. The second-order valence-electron chi connectivity index (χ2n) is 4.91. The maximum absolute atomic E-state index is 12.7. The molecule has 1 atom stereocenters. The molecule has 116 valence electrons. The summed E-state index contributed by atoms with van der Waals surface area (Å²) in [5.41, 5.74) is 1.09. The summed E-state index contributed by atoms with van der Waals surface area (Å²) in [7, 11) is 3.11. The van der Waals surface area contributed by atoms with E-state index in [1.165, 1.54) is 17.7 Å². The number of halogens is 1. The first-order chi connectivity index (χ1) is 10.4. The lowest BCUT2D eigenvalue weighted by atomic mass is 10.1. The summed E-state index contributed by atoms with van der Waals surface area (Å²) < 4.78 is 6.72. The largest absolute Gasteiger partial charge is 0.496 e. The highest BCUT2D eigenvalue weighted by Gasteiger charge is 2.26. The van der Waals surface area contributed by atoms with Crippen LogP contribution in [0.25, 0.3) is 0 Å². The highest BCUT2D eigenvalue weighted by atomic mass is 35.5. The van der Waals surface area contributed by atoms with Crippen LogP contribution in [-0.4, -0.2) is 28.5 Å². The molecule has 0 aliphatic rings. The van der Waals surface area contributed by atoms with Gasteiger partial charge in [-0.3, -0.25) is 9.59 Å². The van der Waals surface area contributed by atoms with E-state index in [2.05, 4.69) is 0 Å². The Morgan fingerprint density at radius 2 is 1.95 bits per heavy atom. The lowest BCUT2D eigenvalue weighted by molar-refractivity contribution is -0.138. The van der Waals surface area contributed by atoms with Crippen molar-refractivity contribution in [1.82, 2.24) is 4.57 Å². The minimum absolute atomic E-state index is 0.224. The molecule has 1 aromatic heterocycles. The zero-order valence-corrected chi connectivity index (χ0v) is 13.2. The number of carbonyl (C=O) groups excluding carboxylic acids is 1. The Labute approximate surface area is 133 Å². The van der Waals surface area contributed by atoms with Crippen molar-refractivity contribution >= 4 is 23.4 Å². The highest BCUT2D eigenvalue weighted by molar-refractivity contribution is 6.35. The lowest BCUT2D eigenvalue weighted by Crippen LogP contribution is -2.15. The average Bonchev–Trinajstić information content (AvgIpc) is 2.80. The number of ketones is 1. The molecule has 0 radical (unpaired) electrons. The number of carboxylic acid groups (broad SMARTS) is 1. The number of hydrogen-bond donors (Lipinski definition) is 1. The first-order valence-corrected chi connectivity index (χ1v) is 7.02. The number of carboxylic acids is 1. The van der Waals surface area contributed by atoms with Gasteiger partial charge < -0.3 is 14.4 Å². The molecule has 1 N–H and O–H groups in total. The Morgan fingerprint density at radius 1 is 1.32 bits per heavy atom. The van der Waals surface area contributed by atoms with Crippen LogP contribution in [0.5, 0.6) is 5.75 Å². The van der Waals surface area contributed by atoms with Crippen molar-refractivity contribution < 1.29 is 19.4 Å². The van der Waals surface area contributed by atoms with E-state index in [1.54, 1.807) is 38.2 Å². The van der Waals surface area contributed by atoms with E-state index in [9.17, 15) is 9.59 Å². The monoisotopic (exact) mass is 321 g/mol. The summed E-state index contributed by atoms with van der Waals surface area (Å²) in [6, 6.07) is 8.34. The molecule has 0 amide bonds. The quantitative estimate of drug-likeness (QED) is 0.859. The standard InChI is InChI=1S/C16H16ClNO4/c1-9(16(20)21)12-8-11(17)14(18(12)2)15(19)10-6-4-5-7-13(10)22-3/h4-9H,1-3H3,(H,20,21). The van der Waals surface area contributed by atoms with Crippen LogP contribution in [0, 0.1) is 0 Å². The van der Waals surface area contributed by atoms with Crippen molar-refractivity contribution in [2.75, 3.05) is 7.11 Å². The molecule has 0 saturated carbocycles. The number of carbonyl (C=O) groups is 2. The number of aromatic nitrogens is 1. The molecular formula is C16H16ClNO4. The predicted molar refractivity (Wildman–Crippen MR) is 82.9 cm³/mol. The van der Waals surface area contributed by atoms with Gasteiger partial charge in [0.2, 0.25) is 5.78 Å².